The number of hydrogen-bond acceptors (Lipinski definition) is 6. The highest BCUT2D eigenvalue weighted by Crippen LogP contribution is 2.25. The lowest BCUT2D eigenvalue weighted by Gasteiger charge is -2.26. The van der Waals surface area contributed by atoms with Gasteiger partial charge in [-0.15, -0.1) is 0 Å². The van der Waals surface area contributed by atoms with E-state index in [0.29, 0.717) is 13.2 Å². The number of carboxylic acid groups (broad SMARTS) is 1. The summed E-state index contributed by atoms with van der Waals surface area (Å²) >= 11 is 0. The summed E-state index contributed by atoms with van der Waals surface area (Å²) in [7, 11) is -2.36. The normalized spacial score (nSPS) is 15.4. The van der Waals surface area contributed by atoms with Crippen molar-refractivity contribution in [1.82, 2.24) is 9.62 Å². The van der Waals surface area contributed by atoms with E-state index < -0.39 is 21.9 Å². The zero-order chi connectivity index (χ0) is 19.2. The first-order chi connectivity index (χ1) is 12.4. The summed E-state index contributed by atoms with van der Waals surface area (Å²) in [6.07, 6.45) is 0.206. The Kier molecular flexibility index (Phi) is 6.95. The summed E-state index contributed by atoms with van der Waals surface area (Å²) in [5.41, 5.74) is 0.0807. The molecule has 1 aliphatic rings. The van der Waals surface area contributed by atoms with Gasteiger partial charge in [-0.05, 0) is 24.6 Å². The monoisotopic (exact) mass is 386 g/mol. The van der Waals surface area contributed by atoms with E-state index in [9.17, 15) is 18.0 Å². The van der Waals surface area contributed by atoms with Gasteiger partial charge in [-0.3, -0.25) is 9.59 Å². The first-order valence-corrected chi connectivity index (χ1v) is 9.56. The average molecular weight is 386 g/mol. The Morgan fingerprint density at radius 1 is 1.31 bits per heavy atom. The maximum absolute atomic E-state index is 12.7. The molecule has 0 saturated carbocycles. The number of morpholine rings is 1. The van der Waals surface area contributed by atoms with Crippen LogP contribution in [0.2, 0.25) is 0 Å². The van der Waals surface area contributed by atoms with E-state index >= 15 is 0 Å². The van der Waals surface area contributed by atoms with Gasteiger partial charge in [0.1, 0.15) is 5.75 Å². The molecule has 9 nitrogen and oxygen atoms in total. The molecule has 0 aromatic heterocycles. The zero-order valence-corrected chi connectivity index (χ0v) is 15.3. The number of benzene rings is 1. The standard InChI is InChI=1S/C16H22N2O7S/c1-24-14-5-4-12(26(22,23)18-7-9-25-10-8-18)11-13(14)16(21)17-6-2-3-15(19)20/h4-5,11H,2-3,6-10H2,1H3,(H,17,21)(H,19,20). The number of carboxylic acids is 1. The van der Waals surface area contributed by atoms with Crippen molar-refractivity contribution in [1.29, 1.82) is 0 Å². The average Bonchev–Trinajstić information content (AvgIpc) is 2.65. The van der Waals surface area contributed by atoms with E-state index in [-0.39, 0.29) is 48.7 Å². The number of rotatable bonds is 8. The van der Waals surface area contributed by atoms with Crippen molar-refractivity contribution < 1.29 is 32.6 Å². The maximum Gasteiger partial charge on any atom is 0.303 e. The van der Waals surface area contributed by atoms with E-state index in [1.807, 2.05) is 0 Å². The molecule has 26 heavy (non-hydrogen) atoms. The molecule has 0 aliphatic carbocycles. The number of methoxy groups -OCH3 is 1. The molecule has 2 N–H and O–H groups in total. The van der Waals surface area contributed by atoms with Gasteiger partial charge in [0.05, 0.1) is 30.8 Å². The van der Waals surface area contributed by atoms with Gasteiger partial charge in [0.25, 0.3) is 5.91 Å². The minimum absolute atomic E-state index is 0.00381. The summed E-state index contributed by atoms with van der Waals surface area (Å²) in [6.45, 7) is 1.32. The summed E-state index contributed by atoms with van der Waals surface area (Å²) in [4.78, 5) is 22.9. The molecule has 1 fully saturated rings. The van der Waals surface area contributed by atoms with Gasteiger partial charge in [-0.25, -0.2) is 8.42 Å². The highest BCUT2D eigenvalue weighted by molar-refractivity contribution is 7.89. The van der Waals surface area contributed by atoms with Crippen LogP contribution >= 0.6 is 0 Å². The highest BCUT2D eigenvalue weighted by atomic mass is 32.2. The topological polar surface area (TPSA) is 122 Å². The second kappa shape index (κ2) is 8.97. The molecule has 10 heteroatoms. The molecule has 1 amide bonds. The molecule has 0 radical (unpaired) electrons. The largest absolute Gasteiger partial charge is 0.496 e. The zero-order valence-electron chi connectivity index (χ0n) is 14.4. The molecule has 0 spiro atoms. The minimum atomic E-state index is -3.74. The summed E-state index contributed by atoms with van der Waals surface area (Å²) in [6, 6.07) is 4.10. The predicted molar refractivity (Wildman–Crippen MR) is 91.8 cm³/mol. The lowest BCUT2D eigenvalue weighted by Crippen LogP contribution is -2.40. The first-order valence-electron chi connectivity index (χ1n) is 8.12. The number of sulfonamides is 1. The molecule has 0 bridgehead atoms. The van der Waals surface area contributed by atoms with Crippen LogP contribution in [0.1, 0.15) is 23.2 Å². The quantitative estimate of drug-likeness (QED) is 0.617. The summed E-state index contributed by atoms with van der Waals surface area (Å²) < 4.78 is 37.1. The van der Waals surface area contributed by atoms with Gasteiger partial charge < -0.3 is 19.9 Å². The smallest absolute Gasteiger partial charge is 0.303 e. The molecule has 1 heterocycles. The van der Waals surface area contributed by atoms with Crippen LogP contribution in [0.15, 0.2) is 23.1 Å². The molecule has 0 unspecified atom stereocenters. The van der Waals surface area contributed by atoms with Crippen LogP contribution in [0, 0.1) is 0 Å². The molecule has 2 rings (SSSR count). The molecule has 1 aromatic carbocycles. The van der Waals surface area contributed by atoms with Crippen LogP contribution in [0.25, 0.3) is 0 Å². The van der Waals surface area contributed by atoms with E-state index in [0.717, 1.165) is 0 Å². The van der Waals surface area contributed by atoms with Gasteiger partial charge >= 0.3 is 5.97 Å². The van der Waals surface area contributed by atoms with Crippen LogP contribution in [0.5, 0.6) is 5.75 Å². The van der Waals surface area contributed by atoms with E-state index in [2.05, 4.69) is 5.32 Å². The molecule has 1 aliphatic heterocycles. The number of aliphatic carboxylic acids is 1. The second-order valence-corrected chi connectivity index (χ2v) is 7.57. The van der Waals surface area contributed by atoms with Gasteiger partial charge in [0.2, 0.25) is 10.0 Å². The van der Waals surface area contributed by atoms with Crippen molar-refractivity contribution in [3.63, 3.8) is 0 Å². The van der Waals surface area contributed by atoms with Gasteiger partial charge in [-0.2, -0.15) is 4.31 Å². The number of amides is 1. The lowest BCUT2D eigenvalue weighted by atomic mass is 10.2. The van der Waals surface area contributed by atoms with Crippen LogP contribution in [0.3, 0.4) is 0 Å². The number of hydrogen-bond donors (Lipinski definition) is 2. The SMILES string of the molecule is COc1ccc(S(=O)(=O)N2CCOCC2)cc1C(=O)NCCCC(=O)O. The van der Waals surface area contributed by atoms with E-state index in [1.54, 1.807) is 0 Å². The first kappa shape index (κ1) is 20.1. The molecular formula is C16H22N2O7S. The second-order valence-electron chi connectivity index (χ2n) is 5.63. The van der Waals surface area contributed by atoms with Gasteiger partial charge in [0, 0.05) is 26.1 Å². The number of nitrogens with zero attached hydrogens (tertiary/aromatic N) is 1. The third kappa shape index (κ3) is 4.93. The summed E-state index contributed by atoms with van der Waals surface area (Å²) in [5, 5.41) is 11.2. The number of ether oxygens (including phenoxy) is 2. The Bertz CT molecular complexity index is 758. The van der Waals surface area contributed by atoms with Crippen molar-refractivity contribution in [3.05, 3.63) is 23.8 Å². The Labute approximate surface area is 151 Å². The van der Waals surface area contributed by atoms with E-state index in [1.165, 1.54) is 29.6 Å². The number of nitrogens with one attached hydrogen (secondary N) is 1. The molecule has 1 saturated heterocycles. The van der Waals surface area contributed by atoms with Crippen LogP contribution in [-0.2, 0) is 19.6 Å². The lowest BCUT2D eigenvalue weighted by molar-refractivity contribution is -0.137. The fraction of sp³-hybridized carbons (Fsp3) is 0.500. The number of carbonyl (C=O) groups excluding carboxylic acids is 1. The third-order valence-corrected chi connectivity index (χ3v) is 5.77. The van der Waals surface area contributed by atoms with Crippen molar-refractivity contribution >= 4 is 21.9 Å². The Balaban J connectivity index is 2.19. The Hall–Kier alpha value is -2.17. The third-order valence-electron chi connectivity index (χ3n) is 3.88. The molecular weight excluding hydrogens is 364 g/mol. The molecule has 144 valence electrons. The van der Waals surface area contributed by atoms with Crippen LogP contribution < -0.4 is 10.1 Å². The van der Waals surface area contributed by atoms with E-state index in [4.69, 9.17) is 14.6 Å². The molecule has 1 aromatic rings. The summed E-state index contributed by atoms with van der Waals surface area (Å²) in [5.74, 6) is -1.23. The molecule has 0 atom stereocenters. The maximum atomic E-state index is 12.7. The minimum Gasteiger partial charge on any atom is -0.496 e. The van der Waals surface area contributed by atoms with Gasteiger partial charge in [0.15, 0.2) is 0 Å². The fourth-order valence-electron chi connectivity index (χ4n) is 2.50. The number of carbonyl (C=O) groups is 2. The van der Waals surface area contributed by atoms with Crippen molar-refractivity contribution in [2.45, 2.75) is 17.7 Å². The van der Waals surface area contributed by atoms with Crippen LogP contribution in [0.4, 0.5) is 0 Å². The fourth-order valence-corrected chi connectivity index (χ4v) is 3.93. The van der Waals surface area contributed by atoms with Crippen molar-refractivity contribution in [2.24, 2.45) is 0 Å². The Morgan fingerprint density at radius 3 is 2.62 bits per heavy atom. The van der Waals surface area contributed by atoms with Gasteiger partial charge in [-0.1, -0.05) is 0 Å². The van der Waals surface area contributed by atoms with Crippen molar-refractivity contribution in [2.75, 3.05) is 40.0 Å². The highest BCUT2D eigenvalue weighted by Gasteiger charge is 2.28. The Morgan fingerprint density at radius 2 is 2.00 bits per heavy atom. The van der Waals surface area contributed by atoms with Crippen LogP contribution in [-0.4, -0.2) is 69.7 Å². The van der Waals surface area contributed by atoms with Crippen molar-refractivity contribution in [3.8, 4) is 5.75 Å². The predicted octanol–water partition coefficient (Wildman–Crippen LogP) is 0.311.